The molecule has 8 aromatic carbocycles. The van der Waals surface area contributed by atoms with Crippen LogP contribution in [-0.2, 0) is 0 Å². The van der Waals surface area contributed by atoms with Gasteiger partial charge < -0.3 is 9.32 Å². The summed E-state index contributed by atoms with van der Waals surface area (Å²) in [5.41, 5.74) is 20.8. The number of para-hydroxylation sites is 1. The molecule has 12 rings (SSSR count). The first-order valence-corrected chi connectivity index (χ1v) is 19.5. The Morgan fingerprint density at radius 1 is 0.411 bits per heavy atom. The second-order valence-corrected chi connectivity index (χ2v) is 15.1. The van der Waals surface area contributed by atoms with Crippen LogP contribution >= 0.6 is 0 Å². The Kier molecular flexibility index (Phi) is 6.79. The lowest BCUT2D eigenvalue weighted by atomic mass is 9.82. The van der Waals surface area contributed by atoms with Gasteiger partial charge in [-0.2, -0.15) is 0 Å². The van der Waals surface area contributed by atoms with Crippen LogP contribution in [0.25, 0.3) is 88.7 Å². The van der Waals surface area contributed by atoms with Gasteiger partial charge in [0, 0.05) is 17.0 Å². The highest BCUT2D eigenvalue weighted by Crippen LogP contribution is 2.57. The molecule has 0 N–H and O–H groups in total. The Bertz CT molecular complexity index is 3070. The van der Waals surface area contributed by atoms with Gasteiger partial charge in [-0.25, -0.2) is 0 Å². The molecule has 0 spiro atoms. The average molecular weight is 714 g/mol. The quantitative estimate of drug-likeness (QED) is 0.177. The molecule has 3 aliphatic carbocycles. The third-order valence-corrected chi connectivity index (χ3v) is 12.2. The minimum Gasteiger partial charge on any atom is -0.456 e. The van der Waals surface area contributed by atoms with Crippen LogP contribution in [0.15, 0.2) is 205 Å². The second-order valence-electron chi connectivity index (χ2n) is 15.1. The Labute approximate surface area is 325 Å². The fraction of sp³-hybridized carbons (Fsp3) is 0.0370. The topological polar surface area (TPSA) is 16.4 Å². The highest BCUT2D eigenvalue weighted by Gasteiger charge is 2.32. The summed E-state index contributed by atoms with van der Waals surface area (Å²) in [6, 6.07) is 64.6. The second kappa shape index (κ2) is 12.2. The van der Waals surface area contributed by atoms with Gasteiger partial charge >= 0.3 is 0 Å². The first kappa shape index (κ1) is 31.2. The van der Waals surface area contributed by atoms with E-state index in [-0.39, 0.29) is 12.0 Å². The van der Waals surface area contributed by atoms with Crippen LogP contribution in [0.2, 0.25) is 0 Å². The Morgan fingerprint density at radius 3 is 1.80 bits per heavy atom. The van der Waals surface area contributed by atoms with Crippen molar-refractivity contribution in [1.82, 2.24) is 0 Å². The summed E-state index contributed by atoms with van der Waals surface area (Å²) >= 11 is 0. The molecule has 2 nitrogen and oxygen atoms in total. The standard InChI is InChI=1S/C54H35NO/c1-2-13-35(14-3-1)38-15-6-8-23-48(38)55(49-24-12-26-51-54(49)46-18-7-9-25-50(46)56-51)37-30-27-34(28-31-37)36-29-32-40-43-20-11-21-44-45-22-10-19-42(53(45)47(40)33-36)39-16-4-5-17-41(39)52(43)44/h1-33,38,48H. The number of benzene rings is 8. The van der Waals surface area contributed by atoms with Crippen molar-refractivity contribution in [1.29, 1.82) is 0 Å². The van der Waals surface area contributed by atoms with Crippen LogP contribution in [-0.4, -0.2) is 6.04 Å². The van der Waals surface area contributed by atoms with E-state index >= 15 is 0 Å². The predicted molar refractivity (Wildman–Crippen MR) is 233 cm³/mol. The van der Waals surface area contributed by atoms with Crippen LogP contribution < -0.4 is 4.90 Å². The molecule has 9 aromatic rings. The van der Waals surface area contributed by atoms with Crippen LogP contribution in [0.4, 0.5) is 11.4 Å². The maximum atomic E-state index is 6.43. The summed E-state index contributed by atoms with van der Waals surface area (Å²) < 4.78 is 6.43. The number of allylic oxidation sites excluding steroid dienone is 2. The fourth-order valence-electron chi connectivity index (χ4n) is 9.75. The van der Waals surface area contributed by atoms with Crippen molar-refractivity contribution in [2.75, 3.05) is 4.90 Å². The summed E-state index contributed by atoms with van der Waals surface area (Å²) in [6.07, 6.45) is 9.06. The molecule has 6 bridgehead atoms. The summed E-state index contributed by atoms with van der Waals surface area (Å²) in [5.74, 6) is 0.152. The molecule has 262 valence electrons. The molecule has 56 heavy (non-hydrogen) atoms. The summed E-state index contributed by atoms with van der Waals surface area (Å²) in [6.45, 7) is 0. The van der Waals surface area contributed by atoms with Gasteiger partial charge in [0.2, 0.25) is 0 Å². The number of hydrogen-bond acceptors (Lipinski definition) is 2. The van der Waals surface area contributed by atoms with E-state index in [1.165, 1.54) is 72.3 Å². The van der Waals surface area contributed by atoms with E-state index in [0.717, 1.165) is 33.3 Å². The van der Waals surface area contributed by atoms with E-state index in [9.17, 15) is 0 Å². The molecule has 2 unspecified atom stereocenters. The van der Waals surface area contributed by atoms with Gasteiger partial charge in [-0.15, -0.1) is 0 Å². The lowest BCUT2D eigenvalue weighted by Gasteiger charge is -2.38. The number of anilines is 2. The molecular weight excluding hydrogens is 679 g/mol. The molecule has 2 heteroatoms. The van der Waals surface area contributed by atoms with Crippen molar-refractivity contribution < 1.29 is 4.42 Å². The number of hydrogen-bond donors (Lipinski definition) is 0. The minimum atomic E-state index is 0.0348. The van der Waals surface area contributed by atoms with E-state index in [0.29, 0.717) is 0 Å². The van der Waals surface area contributed by atoms with Gasteiger partial charge in [-0.3, -0.25) is 0 Å². The fourth-order valence-corrected chi connectivity index (χ4v) is 9.75. The molecule has 0 amide bonds. The lowest BCUT2D eigenvalue weighted by molar-refractivity contribution is 0.668. The number of nitrogens with zero attached hydrogens (tertiary/aromatic N) is 1. The SMILES string of the molecule is C1=CC(c2ccccc2)C(N(c2ccc(-c3ccc4c(c3)-c3c5cccc3-c3cccc-4c3-c3ccccc3-5)cc2)c2cccc3oc4ccccc4c23)C=C1. The summed E-state index contributed by atoms with van der Waals surface area (Å²) in [7, 11) is 0. The number of fused-ring (bicyclic) bond motifs is 7. The first-order chi connectivity index (χ1) is 27.8. The smallest absolute Gasteiger partial charge is 0.137 e. The average Bonchev–Trinajstić information content (AvgIpc) is 3.61. The molecule has 2 atom stereocenters. The molecule has 0 fully saturated rings. The Hall–Kier alpha value is -7.16. The predicted octanol–water partition coefficient (Wildman–Crippen LogP) is 14.6. The van der Waals surface area contributed by atoms with Gasteiger partial charge in [0.25, 0.3) is 0 Å². The normalized spacial score (nSPS) is 15.7. The highest BCUT2D eigenvalue weighted by atomic mass is 16.3. The Balaban J connectivity index is 1.02. The van der Waals surface area contributed by atoms with Gasteiger partial charge in [-0.1, -0.05) is 164 Å². The molecular formula is C54H35NO. The molecule has 1 aromatic heterocycles. The van der Waals surface area contributed by atoms with Gasteiger partial charge in [0.1, 0.15) is 11.2 Å². The highest BCUT2D eigenvalue weighted by molar-refractivity contribution is 6.15. The first-order valence-electron chi connectivity index (χ1n) is 19.5. The number of furan rings is 1. The molecule has 0 aliphatic heterocycles. The van der Waals surface area contributed by atoms with Crippen molar-refractivity contribution in [2.45, 2.75) is 12.0 Å². The van der Waals surface area contributed by atoms with E-state index < -0.39 is 0 Å². The van der Waals surface area contributed by atoms with Crippen LogP contribution in [0.5, 0.6) is 0 Å². The number of rotatable bonds is 5. The lowest BCUT2D eigenvalue weighted by Crippen LogP contribution is -2.35. The van der Waals surface area contributed by atoms with E-state index in [2.05, 4.69) is 199 Å². The van der Waals surface area contributed by atoms with Crippen molar-refractivity contribution >= 4 is 33.3 Å². The van der Waals surface area contributed by atoms with Crippen LogP contribution in [0.3, 0.4) is 0 Å². The maximum absolute atomic E-state index is 6.43. The Morgan fingerprint density at radius 2 is 1.00 bits per heavy atom. The third-order valence-electron chi connectivity index (χ3n) is 12.2. The zero-order valence-corrected chi connectivity index (χ0v) is 30.6. The minimum absolute atomic E-state index is 0.0348. The van der Waals surface area contributed by atoms with E-state index in [1.54, 1.807) is 0 Å². The van der Waals surface area contributed by atoms with Crippen molar-refractivity contribution in [3.05, 3.63) is 206 Å². The van der Waals surface area contributed by atoms with E-state index in [4.69, 9.17) is 4.42 Å². The molecule has 3 aliphatic rings. The van der Waals surface area contributed by atoms with Crippen molar-refractivity contribution in [2.24, 2.45) is 0 Å². The molecule has 0 saturated heterocycles. The van der Waals surface area contributed by atoms with Gasteiger partial charge in [-0.05, 0) is 109 Å². The zero-order chi connectivity index (χ0) is 36.7. The van der Waals surface area contributed by atoms with Crippen LogP contribution in [0, 0.1) is 0 Å². The van der Waals surface area contributed by atoms with Crippen LogP contribution in [0.1, 0.15) is 11.5 Å². The zero-order valence-electron chi connectivity index (χ0n) is 30.6. The molecule has 0 radical (unpaired) electrons. The molecule has 1 heterocycles. The van der Waals surface area contributed by atoms with Gasteiger partial charge in [0.15, 0.2) is 0 Å². The van der Waals surface area contributed by atoms with Crippen molar-refractivity contribution in [3.63, 3.8) is 0 Å². The van der Waals surface area contributed by atoms with E-state index in [1.807, 2.05) is 6.07 Å². The summed E-state index contributed by atoms with van der Waals surface area (Å²) in [5, 5.41) is 2.26. The monoisotopic (exact) mass is 713 g/mol. The van der Waals surface area contributed by atoms with Gasteiger partial charge in [0.05, 0.1) is 17.1 Å². The van der Waals surface area contributed by atoms with Crippen molar-refractivity contribution in [3.8, 4) is 66.8 Å². The third kappa shape index (κ3) is 4.56. The summed E-state index contributed by atoms with van der Waals surface area (Å²) in [4.78, 5) is 2.52. The maximum Gasteiger partial charge on any atom is 0.137 e. The molecule has 0 saturated carbocycles. The largest absolute Gasteiger partial charge is 0.456 e.